The highest BCUT2D eigenvalue weighted by molar-refractivity contribution is 7.17. The zero-order valence-corrected chi connectivity index (χ0v) is 29.5. The van der Waals surface area contributed by atoms with Gasteiger partial charge in [-0.05, 0) is 56.5 Å². The van der Waals surface area contributed by atoms with E-state index in [0.29, 0.717) is 85.1 Å². The third kappa shape index (κ3) is 8.48. The van der Waals surface area contributed by atoms with Crippen molar-refractivity contribution in [3.8, 4) is 17.0 Å². The Labute approximate surface area is 295 Å². The Morgan fingerprint density at radius 2 is 1.84 bits per heavy atom. The Kier molecular flexibility index (Phi) is 11.7. The van der Waals surface area contributed by atoms with Crippen LogP contribution in [0.3, 0.4) is 0 Å². The van der Waals surface area contributed by atoms with Crippen LogP contribution in [0.1, 0.15) is 36.4 Å². The van der Waals surface area contributed by atoms with E-state index in [0.717, 1.165) is 34.0 Å². The van der Waals surface area contributed by atoms with Crippen LogP contribution in [0.25, 0.3) is 11.3 Å². The van der Waals surface area contributed by atoms with Gasteiger partial charge in [0.2, 0.25) is 5.91 Å². The van der Waals surface area contributed by atoms with Gasteiger partial charge in [0.1, 0.15) is 4.88 Å². The number of rotatable bonds is 11. The number of methoxy groups -OCH3 is 1. The minimum absolute atomic E-state index is 0.0699. The number of aliphatic hydroxyl groups is 1. The molecule has 0 radical (unpaired) electrons. The topological polar surface area (TPSA) is 136 Å². The third-order valence-corrected chi connectivity index (χ3v) is 9.47. The molecule has 0 bridgehead atoms. The lowest BCUT2D eigenvalue weighted by Crippen LogP contribution is -2.49. The van der Waals surface area contributed by atoms with Gasteiger partial charge in [-0.2, -0.15) is 0 Å². The van der Waals surface area contributed by atoms with Crippen molar-refractivity contribution in [2.45, 2.75) is 32.8 Å². The zero-order valence-electron chi connectivity index (χ0n) is 27.9. The number of piperazine rings is 1. The standard InChI is InChI=1S/C35H41ClN8O4S/c1-6-8-22(3)31(23(4)36)40-34(47)29-21-38-35(49-29)41-32-28(48-5)10-9-26(39-32)24-19-27(42-13-11-25(45)12-14-42)33(37-20-24)44-17-15-43(16-18-44)30(46)7-2/h6-10,19-21,25,45H,2,4,11-18H2,1,3,5H3,(H,40,47)(H,38,39,41)/b8-6-,31-22+. The van der Waals surface area contributed by atoms with Crippen LogP contribution >= 0.6 is 22.9 Å². The fourth-order valence-electron chi connectivity index (χ4n) is 5.73. The predicted octanol–water partition coefficient (Wildman–Crippen LogP) is 5.48. The van der Waals surface area contributed by atoms with Crippen molar-refractivity contribution in [1.29, 1.82) is 0 Å². The highest BCUT2D eigenvalue weighted by atomic mass is 35.5. The maximum absolute atomic E-state index is 13.1. The van der Waals surface area contributed by atoms with Gasteiger partial charge >= 0.3 is 0 Å². The number of hydrogen-bond acceptors (Lipinski definition) is 11. The number of pyridine rings is 2. The molecule has 5 rings (SSSR count). The molecule has 2 aliphatic heterocycles. The first-order valence-electron chi connectivity index (χ1n) is 16.0. The molecule has 258 valence electrons. The Balaban J connectivity index is 1.40. The second-order valence-electron chi connectivity index (χ2n) is 11.6. The molecule has 0 spiro atoms. The minimum Gasteiger partial charge on any atom is -0.493 e. The van der Waals surface area contributed by atoms with E-state index in [1.165, 1.54) is 12.3 Å². The number of aromatic nitrogens is 3. The Morgan fingerprint density at radius 3 is 2.49 bits per heavy atom. The van der Waals surface area contributed by atoms with Gasteiger partial charge in [-0.25, -0.2) is 15.0 Å². The average Bonchev–Trinajstić information content (AvgIpc) is 3.59. The van der Waals surface area contributed by atoms with E-state index >= 15 is 0 Å². The number of nitrogens with zero attached hydrogens (tertiary/aromatic N) is 6. The number of carbonyl (C=O) groups excluding carboxylic acids is 2. The number of halogens is 1. The van der Waals surface area contributed by atoms with E-state index in [1.54, 1.807) is 18.2 Å². The lowest BCUT2D eigenvalue weighted by Gasteiger charge is -2.38. The summed E-state index contributed by atoms with van der Waals surface area (Å²) >= 11 is 7.32. The van der Waals surface area contributed by atoms with E-state index in [2.05, 4.69) is 44.6 Å². The Bertz CT molecular complexity index is 1770. The second kappa shape index (κ2) is 16.1. The summed E-state index contributed by atoms with van der Waals surface area (Å²) < 4.78 is 5.60. The van der Waals surface area contributed by atoms with Crippen LogP contribution in [0.2, 0.25) is 0 Å². The first-order chi connectivity index (χ1) is 23.6. The minimum atomic E-state index is -0.363. The van der Waals surface area contributed by atoms with Gasteiger partial charge < -0.3 is 35.2 Å². The normalized spacial score (nSPS) is 16.0. The van der Waals surface area contributed by atoms with Crippen molar-refractivity contribution in [2.24, 2.45) is 0 Å². The van der Waals surface area contributed by atoms with Crippen LogP contribution in [0.4, 0.5) is 22.5 Å². The zero-order chi connectivity index (χ0) is 35.1. The molecule has 0 aromatic carbocycles. The molecule has 3 aromatic rings. The van der Waals surface area contributed by atoms with Gasteiger partial charge in [0.15, 0.2) is 22.5 Å². The van der Waals surface area contributed by atoms with Gasteiger partial charge in [0, 0.05) is 51.0 Å². The quantitative estimate of drug-likeness (QED) is 0.174. The van der Waals surface area contributed by atoms with Crippen LogP contribution in [0.15, 0.2) is 78.3 Å². The number of anilines is 4. The third-order valence-electron chi connectivity index (χ3n) is 8.37. The molecule has 2 aliphatic rings. The van der Waals surface area contributed by atoms with Crippen molar-refractivity contribution in [1.82, 2.24) is 25.2 Å². The number of hydrogen-bond donors (Lipinski definition) is 3. The summed E-state index contributed by atoms with van der Waals surface area (Å²) in [4.78, 5) is 46.1. The fourth-order valence-corrected chi connectivity index (χ4v) is 6.63. The molecule has 0 unspecified atom stereocenters. The molecule has 3 N–H and O–H groups in total. The van der Waals surface area contributed by atoms with Gasteiger partial charge in [-0.3, -0.25) is 9.59 Å². The largest absolute Gasteiger partial charge is 0.493 e. The number of carbonyl (C=O) groups is 2. The van der Waals surface area contributed by atoms with Crippen LogP contribution in [-0.2, 0) is 4.79 Å². The number of thiazole rings is 1. The molecule has 0 aliphatic carbocycles. The molecule has 0 saturated carbocycles. The van der Waals surface area contributed by atoms with E-state index in [-0.39, 0.29) is 23.0 Å². The molecule has 14 heteroatoms. The molecule has 49 heavy (non-hydrogen) atoms. The molecular formula is C35H41ClN8O4S. The molecule has 2 amide bonds. The Hall–Kier alpha value is -4.72. The van der Waals surface area contributed by atoms with Gasteiger partial charge in [-0.15, -0.1) is 0 Å². The van der Waals surface area contributed by atoms with Gasteiger partial charge in [-0.1, -0.05) is 48.2 Å². The number of allylic oxidation sites excluding steroid dienone is 4. The molecule has 3 aromatic heterocycles. The lowest BCUT2D eigenvalue weighted by molar-refractivity contribution is -0.126. The number of amides is 2. The van der Waals surface area contributed by atoms with E-state index < -0.39 is 0 Å². The van der Waals surface area contributed by atoms with Gasteiger partial charge in [0.05, 0.1) is 41.5 Å². The van der Waals surface area contributed by atoms with Crippen LogP contribution < -0.4 is 25.2 Å². The van der Waals surface area contributed by atoms with E-state index in [1.807, 2.05) is 38.1 Å². The molecule has 2 fully saturated rings. The molecule has 2 saturated heterocycles. The number of aliphatic hydroxyl groups excluding tert-OH is 1. The number of ether oxygens (including phenoxy) is 1. The molecular weight excluding hydrogens is 664 g/mol. The summed E-state index contributed by atoms with van der Waals surface area (Å²) in [6, 6.07) is 5.77. The molecule has 12 nitrogen and oxygen atoms in total. The van der Waals surface area contributed by atoms with Crippen molar-refractivity contribution in [2.75, 3.05) is 61.5 Å². The van der Waals surface area contributed by atoms with Crippen LogP contribution in [0, 0.1) is 0 Å². The van der Waals surface area contributed by atoms with Crippen molar-refractivity contribution in [3.63, 3.8) is 0 Å². The summed E-state index contributed by atoms with van der Waals surface area (Å²) in [5, 5.41) is 16.9. The highest BCUT2D eigenvalue weighted by Gasteiger charge is 2.27. The summed E-state index contributed by atoms with van der Waals surface area (Å²) in [6.07, 6.45) is 9.34. The molecule has 5 heterocycles. The summed E-state index contributed by atoms with van der Waals surface area (Å²) in [6.45, 7) is 14.9. The maximum atomic E-state index is 13.1. The summed E-state index contributed by atoms with van der Waals surface area (Å²) in [5.74, 6) is 1.33. The first kappa shape index (κ1) is 35.6. The fraction of sp³-hybridized carbons (Fsp3) is 0.343. The average molecular weight is 705 g/mol. The van der Waals surface area contributed by atoms with Crippen molar-refractivity contribution >= 4 is 57.2 Å². The van der Waals surface area contributed by atoms with E-state index in [9.17, 15) is 14.7 Å². The predicted molar refractivity (Wildman–Crippen MR) is 196 cm³/mol. The SMILES string of the molecule is C=CC(=O)N1CCN(c2ncc(-c3ccc(OC)c(Nc4ncc(C(=O)N/C(C(=C)Cl)=C(C)/C=C\C)s4)n3)cc2N2CCC(O)CC2)CC1. The van der Waals surface area contributed by atoms with Crippen molar-refractivity contribution < 1.29 is 19.4 Å². The number of piperidine rings is 1. The van der Waals surface area contributed by atoms with Crippen LogP contribution in [-0.4, -0.2) is 89.3 Å². The second-order valence-corrected chi connectivity index (χ2v) is 13.1. The smallest absolute Gasteiger partial charge is 0.267 e. The Morgan fingerprint density at radius 1 is 1.10 bits per heavy atom. The molecule has 0 atom stereocenters. The maximum Gasteiger partial charge on any atom is 0.267 e. The number of nitrogens with one attached hydrogen (secondary N) is 2. The van der Waals surface area contributed by atoms with Crippen LogP contribution in [0.5, 0.6) is 5.75 Å². The lowest BCUT2D eigenvalue weighted by atomic mass is 10.1. The highest BCUT2D eigenvalue weighted by Crippen LogP contribution is 2.36. The monoisotopic (exact) mass is 704 g/mol. The van der Waals surface area contributed by atoms with E-state index in [4.69, 9.17) is 26.3 Å². The summed E-state index contributed by atoms with van der Waals surface area (Å²) in [5.41, 5.74) is 3.62. The first-order valence-corrected chi connectivity index (χ1v) is 17.2. The van der Waals surface area contributed by atoms with Gasteiger partial charge in [0.25, 0.3) is 5.91 Å². The van der Waals surface area contributed by atoms with Crippen molar-refractivity contribution in [3.05, 3.63) is 83.2 Å². The summed E-state index contributed by atoms with van der Waals surface area (Å²) in [7, 11) is 1.56.